The minimum absolute atomic E-state index is 0.308. The molecule has 2 aromatic rings. The van der Waals surface area contributed by atoms with Crippen molar-refractivity contribution in [3.05, 3.63) is 33.7 Å². The molecule has 3 atom stereocenters. The van der Waals surface area contributed by atoms with Gasteiger partial charge in [0.15, 0.2) is 0 Å². The van der Waals surface area contributed by atoms with E-state index in [4.69, 9.17) is 9.15 Å². The number of nitrogens with zero attached hydrogens (tertiary/aromatic N) is 2. The van der Waals surface area contributed by atoms with Crippen LogP contribution in [0.3, 0.4) is 0 Å². The van der Waals surface area contributed by atoms with Gasteiger partial charge in [0, 0.05) is 28.2 Å². The lowest BCUT2D eigenvalue weighted by Crippen LogP contribution is -1.97. The molecule has 100 valence electrons. The Balaban J connectivity index is 1.49. The summed E-state index contributed by atoms with van der Waals surface area (Å²) in [5.74, 6) is 2.91. The van der Waals surface area contributed by atoms with Gasteiger partial charge in [0.1, 0.15) is 0 Å². The zero-order valence-electron chi connectivity index (χ0n) is 10.8. The van der Waals surface area contributed by atoms with Gasteiger partial charge in [-0.3, -0.25) is 0 Å². The largest absolute Gasteiger partial charge is 0.425 e. The summed E-state index contributed by atoms with van der Waals surface area (Å²) in [5.41, 5.74) is 0. The van der Waals surface area contributed by atoms with E-state index in [9.17, 15) is 0 Å². The quantitative estimate of drug-likeness (QED) is 0.863. The normalized spacial score (nSPS) is 29.8. The molecule has 2 aliphatic rings. The van der Waals surface area contributed by atoms with Crippen LogP contribution in [-0.4, -0.2) is 23.4 Å². The molecule has 0 unspecified atom stereocenters. The predicted molar refractivity (Wildman–Crippen MR) is 71.6 cm³/mol. The van der Waals surface area contributed by atoms with Crippen molar-refractivity contribution in [1.82, 2.24) is 10.2 Å². The molecular weight excluding hydrogens is 260 g/mol. The molecule has 4 nitrogen and oxygen atoms in total. The maximum atomic E-state index is 5.85. The molecule has 1 saturated heterocycles. The van der Waals surface area contributed by atoms with Crippen LogP contribution in [0.4, 0.5) is 0 Å². The third-order valence-corrected chi connectivity index (χ3v) is 5.10. The third kappa shape index (κ3) is 2.11. The smallest absolute Gasteiger partial charge is 0.222 e. The second-order valence-electron chi connectivity index (χ2n) is 5.44. The highest BCUT2D eigenvalue weighted by Crippen LogP contribution is 2.55. The Hall–Kier alpha value is -1.20. The molecule has 3 heterocycles. The van der Waals surface area contributed by atoms with E-state index >= 15 is 0 Å². The fourth-order valence-corrected chi connectivity index (χ4v) is 3.78. The van der Waals surface area contributed by atoms with Crippen molar-refractivity contribution in [2.24, 2.45) is 0 Å². The summed E-state index contributed by atoms with van der Waals surface area (Å²) < 4.78 is 11.2. The highest BCUT2D eigenvalue weighted by Gasteiger charge is 2.44. The number of thiophene rings is 1. The van der Waals surface area contributed by atoms with Crippen molar-refractivity contribution in [1.29, 1.82) is 0 Å². The van der Waals surface area contributed by atoms with E-state index in [1.807, 2.05) is 11.3 Å². The number of hydrogen-bond donors (Lipinski definition) is 0. The second kappa shape index (κ2) is 4.42. The molecule has 0 bridgehead atoms. The first-order valence-electron chi connectivity index (χ1n) is 6.78. The first-order valence-corrected chi connectivity index (χ1v) is 7.60. The average Bonchev–Trinajstić information content (AvgIpc) is 2.86. The van der Waals surface area contributed by atoms with Crippen molar-refractivity contribution in [3.8, 4) is 0 Å². The van der Waals surface area contributed by atoms with Crippen LogP contribution in [0.25, 0.3) is 0 Å². The fourth-order valence-electron chi connectivity index (χ4n) is 2.73. The molecule has 5 heteroatoms. The lowest BCUT2D eigenvalue weighted by molar-refractivity contribution is 0.190. The van der Waals surface area contributed by atoms with E-state index < -0.39 is 0 Å². The van der Waals surface area contributed by atoms with Crippen LogP contribution < -0.4 is 0 Å². The van der Waals surface area contributed by atoms with Crippen molar-refractivity contribution >= 4 is 11.3 Å². The van der Waals surface area contributed by atoms with Crippen LogP contribution >= 0.6 is 11.3 Å². The second-order valence-corrected chi connectivity index (χ2v) is 6.76. The molecule has 4 rings (SSSR count). The molecule has 1 aliphatic carbocycles. The summed E-state index contributed by atoms with van der Waals surface area (Å²) >= 11 is 1.88. The monoisotopic (exact) mass is 276 g/mol. The molecule has 0 amide bonds. The molecule has 19 heavy (non-hydrogen) atoms. The van der Waals surface area contributed by atoms with Crippen LogP contribution in [0, 0.1) is 6.92 Å². The number of ether oxygens (including phenoxy) is 1. The minimum Gasteiger partial charge on any atom is -0.425 e. The van der Waals surface area contributed by atoms with Gasteiger partial charge in [-0.05, 0) is 31.9 Å². The Morgan fingerprint density at radius 1 is 1.21 bits per heavy atom. The van der Waals surface area contributed by atoms with Crippen LogP contribution in [0.5, 0.6) is 0 Å². The topological polar surface area (TPSA) is 48.2 Å². The lowest BCUT2D eigenvalue weighted by Gasteiger charge is -1.98. The fraction of sp³-hybridized carbons (Fsp3) is 0.571. The first kappa shape index (κ1) is 11.6. The van der Waals surface area contributed by atoms with Gasteiger partial charge in [-0.2, -0.15) is 0 Å². The van der Waals surface area contributed by atoms with Gasteiger partial charge in [0.2, 0.25) is 11.8 Å². The van der Waals surface area contributed by atoms with Gasteiger partial charge >= 0.3 is 0 Å². The van der Waals surface area contributed by atoms with E-state index in [-0.39, 0.29) is 0 Å². The van der Waals surface area contributed by atoms with Crippen molar-refractivity contribution in [2.45, 2.75) is 37.5 Å². The Morgan fingerprint density at radius 3 is 2.84 bits per heavy atom. The summed E-state index contributed by atoms with van der Waals surface area (Å²) in [6.07, 6.45) is 2.14. The Bertz CT molecular complexity index is 586. The molecule has 0 spiro atoms. The Kier molecular flexibility index (Phi) is 2.70. The summed E-state index contributed by atoms with van der Waals surface area (Å²) in [6, 6.07) is 4.41. The SMILES string of the molecule is Cc1ccc([C@@H]2C[C@H]2c2nnc([C@H]3CCOC3)o2)s1. The summed E-state index contributed by atoms with van der Waals surface area (Å²) in [6.45, 7) is 3.68. The number of hydrogen-bond acceptors (Lipinski definition) is 5. The minimum atomic E-state index is 0.308. The standard InChI is InChI=1S/C14H16N2O2S/c1-8-2-3-12(19-8)10-6-11(10)14-16-15-13(18-14)9-4-5-17-7-9/h2-3,9-11H,4-7H2,1H3/t9-,10+,11+/m0/s1. The summed E-state index contributed by atoms with van der Waals surface area (Å²) in [4.78, 5) is 2.82. The van der Waals surface area contributed by atoms with E-state index in [0.717, 1.165) is 37.8 Å². The molecule has 2 aromatic heterocycles. The zero-order chi connectivity index (χ0) is 12.8. The summed E-state index contributed by atoms with van der Waals surface area (Å²) in [5, 5.41) is 8.44. The average molecular weight is 276 g/mol. The van der Waals surface area contributed by atoms with Crippen molar-refractivity contribution in [3.63, 3.8) is 0 Å². The highest BCUT2D eigenvalue weighted by atomic mass is 32.1. The molecular formula is C14H16N2O2S. The molecule has 0 N–H and O–H groups in total. The van der Waals surface area contributed by atoms with E-state index in [1.165, 1.54) is 9.75 Å². The first-order chi connectivity index (χ1) is 9.31. The summed E-state index contributed by atoms with van der Waals surface area (Å²) in [7, 11) is 0. The van der Waals surface area contributed by atoms with Gasteiger partial charge in [-0.25, -0.2) is 0 Å². The van der Waals surface area contributed by atoms with Crippen LogP contribution in [0.1, 0.15) is 52.1 Å². The third-order valence-electron chi connectivity index (χ3n) is 3.97. The van der Waals surface area contributed by atoms with Gasteiger partial charge in [-0.1, -0.05) is 0 Å². The predicted octanol–water partition coefficient (Wildman–Crippen LogP) is 3.21. The van der Waals surface area contributed by atoms with Crippen LogP contribution in [0.2, 0.25) is 0 Å². The molecule has 2 fully saturated rings. The maximum absolute atomic E-state index is 5.85. The Morgan fingerprint density at radius 2 is 2.11 bits per heavy atom. The van der Waals surface area contributed by atoms with E-state index in [1.54, 1.807) is 0 Å². The highest BCUT2D eigenvalue weighted by molar-refractivity contribution is 7.12. The zero-order valence-corrected chi connectivity index (χ0v) is 11.7. The Labute approximate surface area is 115 Å². The molecule has 1 aliphatic heterocycles. The van der Waals surface area contributed by atoms with Crippen molar-refractivity contribution < 1.29 is 9.15 Å². The van der Waals surface area contributed by atoms with E-state index in [0.29, 0.717) is 17.8 Å². The maximum Gasteiger partial charge on any atom is 0.222 e. The van der Waals surface area contributed by atoms with Crippen LogP contribution in [0.15, 0.2) is 16.5 Å². The number of aromatic nitrogens is 2. The number of aryl methyl sites for hydroxylation is 1. The molecule has 0 aromatic carbocycles. The van der Waals surface area contributed by atoms with E-state index in [2.05, 4.69) is 29.3 Å². The van der Waals surface area contributed by atoms with Gasteiger partial charge < -0.3 is 9.15 Å². The van der Waals surface area contributed by atoms with Gasteiger partial charge in [-0.15, -0.1) is 21.5 Å². The van der Waals surface area contributed by atoms with Crippen molar-refractivity contribution in [2.75, 3.05) is 13.2 Å². The lowest BCUT2D eigenvalue weighted by atomic mass is 10.1. The molecule has 0 radical (unpaired) electrons. The molecule has 1 saturated carbocycles. The van der Waals surface area contributed by atoms with Crippen LogP contribution in [-0.2, 0) is 4.74 Å². The van der Waals surface area contributed by atoms with Gasteiger partial charge in [0.25, 0.3) is 0 Å². The van der Waals surface area contributed by atoms with Gasteiger partial charge in [0.05, 0.1) is 12.5 Å². The number of rotatable bonds is 3.